The fraction of sp³-hybridized carbons (Fsp3) is 0.500. The molecule has 148 valence electrons. The van der Waals surface area contributed by atoms with Crippen molar-refractivity contribution in [2.75, 3.05) is 6.54 Å². The van der Waals surface area contributed by atoms with Crippen LogP contribution in [0.3, 0.4) is 0 Å². The van der Waals surface area contributed by atoms with Crippen LogP contribution in [0.1, 0.15) is 55.9 Å². The van der Waals surface area contributed by atoms with E-state index in [1.807, 2.05) is 13.0 Å². The second-order valence-corrected chi connectivity index (χ2v) is 7.23. The van der Waals surface area contributed by atoms with Crippen LogP contribution in [-0.4, -0.2) is 33.3 Å². The first-order chi connectivity index (χ1) is 13.5. The lowest BCUT2D eigenvalue weighted by Crippen LogP contribution is -2.47. The number of rotatable bonds is 5. The molecule has 2 heterocycles. The van der Waals surface area contributed by atoms with Gasteiger partial charge >= 0.3 is 0 Å². The van der Waals surface area contributed by atoms with E-state index in [1.54, 1.807) is 6.07 Å². The van der Waals surface area contributed by atoms with Crippen LogP contribution in [0.25, 0.3) is 0 Å². The topological polar surface area (TPSA) is 90.9 Å². The molecule has 1 aliphatic rings. The molecule has 0 saturated heterocycles. The number of nitriles is 1. The van der Waals surface area contributed by atoms with Crippen LogP contribution in [0.15, 0.2) is 23.2 Å². The van der Waals surface area contributed by atoms with E-state index in [-0.39, 0.29) is 18.4 Å². The molecule has 2 N–H and O–H groups in total. The fourth-order valence-electron chi connectivity index (χ4n) is 3.34. The summed E-state index contributed by atoms with van der Waals surface area (Å²) in [4.78, 5) is 4.52. The number of benzene rings is 1. The normalized spacial score (nSPS) is 16.6. The van der Waals surface area contributed by atoms with E-state index in [0.29, 0.717) is 29.5 Å². The van der Waals surface area contributed by atoms with E-state index in [2.05, 4.69) is 44.2 Å². The molecule has 0 radical (unpaired) electrons. The van der Waals surface area contributed by atoms with Crippen LogP contribution < -0.4 is 10.6 Å². The molecular formula is C20H26FN7. The van der Waals surface area contributed by atoms with Crippen molar-refractivity contribution in [3.05, 3.63) is 46.8 Å². The average Bonchev–Trinajstić information content (AvgIpc) is 3.11. The van der Waals surface area contributed by atoms with Crippen LogP contribution in [0, 0.1) is 17.1 Å². The maximum atomic E-state index is 14.0. The maximum Gasteiger partial charge on any atom is 0.191 e. The highest BCUT2D eigenvalue weighted by molar-refractivity contribution is 5.80. The fourth-order valence-corrected chi connectivity index (χ4v) is 3.34. The van der Waals surface area contributed by atoms with Crippen molar-refractivity contribution in [1.82, 2.24) is 25.4 Å². The van der Waals surface area contributed by atoms with Crippen molar-refractivity contribution in [3.8, 4) is 6.07 Å². The molecule has 7 nitrogen and oxygen atoms in total. The van der Waals surface area contributed by atoms with Crippen LogP contribution >= 0.6 is 0 Å². The Balaban J connectivity index is 1.72. The summed E-state index contributed by atoms with van der Waals surface area (Å²) in [6.45, 7) is 7.86. The zero-order valence-corrected chi connectivity index (χ0v) is 16.5. The van der Waals surface area contributed by atoms with Gasteiger partial charge in [0.25, 0.3) is 0 Å². The molecule has 1 aliphatic heterocycles. The zero-order chi connectivity index (χ0) is 20.1. The van der Waals surface area contributed by atoms with Gasteiger partial charge in [0.2, 0.25) is 0 Å². The van der Waals surface area contributed by atoms with E-state index in [4.69, 9.17) is 5.26 Å². The minimum absolute atomic E-state index is 0.165. The molecular weight excluding hydrogens is 357 g/mol. The third-order valence-electron chi connectivity index (χ3n) is 4.76. The Hall–Kier alpha value is -2.95. The quantitative estimate of drug-likeness (QED) is 0.611. The summed E-state index contributed by atoms with van der Waals surface area (Å²) in [7, 11) is 0. The van der Waals surface area contributed by atoms with Gasteiger partial charge in [-0.1, -0.05) is 13.8 Å². The van der Waals surface area contributed by atoms with Crippen molar-refractivity contribution < 1.29 is 4.39 Å². The third-order valence-corrected chi connectivity index (χ3v) is 4.76. The van der Waals surface area contributed by atoms with Crippen LogP contribution in [-0.2, 0) is 19.5 Å². The van der Waals surface area contributed by atoms with Crippen LogP contribution in [0.4, 0.5) is 4.39 Å². The summed E-state index contributed by atoms with van der Waals surface area (Å²) < 4.78 is 16.2. The number of halogens is 1. The van der Waals surface area contributed by atoms with Gasteiger partial charge in [-0.3, -0.25) is 0 Å². The highest BCUT2D eigenvalue weighted by Crippen LogP contribution is 2.20. The largest absolute Gasteiger partial charge is 0.357 e. The number of nitrogens with one attached hydrogen (secondary N) is 2. The minimum Gasteiger partial charge on any atom is -0.357 e. The smallest absolute Gasteiger partial charge is 0.191 e. The van der Waals surface area contributed by atoms with E-state index < -0.39 is 0 Å². The van der Waals surface area contributed by atoms with Gasteiger partial charge in [0.1, 0.15) is 17.5 Å². The Labute approximate surface area is 164 Å². The van der Waals surface area contributed by atoms with Crippen LogP contribution in [0.5, 0.6) is 0 Å². The number of aryl methyl sites for hydroxylation is 1. The minimum atomic E-state index is -0.355. The first-order valence-corrected chi connectivity index (χ1v) is 9.67. The van der Waals surface area contributed by atoms with Gasteiger partial charge in [0, 0.05) is 37.0 Å². The Morgan fingerprint density at radius 3 is 2.96 bits per heavy atom. The van der Waals surface area contributed by atoms with Crippen molar-refractivity contribution in [1.29, 1.82) is 5.26 Å². The summed E-state index contributed by atoms with van der Waals surface area (Å²) in [5, 5.41) is 24.3. The Morgan fingerprint density at radius 2 is 2.25 bits per heavy atom. The predicted molar refractivity (Wildman–Crippen MR) is 105 cm³/mol. The molecule has 0 spiro atoms. The van der Waals surface area contributed by atoms with Crippen molar-refractivity contribution in [2.24, 2.45) is 4.99 Å². The van der Waals surface area contributed by atoms with E-state index >= 15 is 0 Å². The summed E-state index contributed by atoms with van der Waals surface area (Å²) in [5.74, 6) is 2.62. The molecule has 28 heavy (non-hydrogen) atoms. The number of nitrogens with zero attached hydrogens (tertiary/aromatic N) is 5. The monoisotopic (exact) mass is 383 g/mol. The van der Waals surface area contributed by atoms with Crippen LogP contribution in [0.2, 0.25) is 0 Å². The van der Waals surface area contributed by atoms with Crippen molar-refractivity contribution >= 4 is 5.96 Å². The summed E-state index contributed by atoms with van der Waals surface area (Å²) in [6.07, 6.45) is 1.79. The van der Waals surface area contributed by atoms with E-state index in [9.17, 15) is 4.39 Å². The predicted octanol–water partition coefficient (Wildman–Crippen LogP) is 2.48. The Morgan fingerprint density at radius 1 is 1.43 bits per heavy atom. The molecule has 8 heteroatoms. The SMILES string of the molecule is CCNC(=NCc1cc(C#N)ccc1F)NC1CCc2nnc(C(C)C)n2C1. The second-order valence-electron chi connectivity index (χ2n) is 7.23. The lowest BCUT2D eigenvalue weighted by atomic mass is 10.1. The number of hydrogen-bond donors (Lipinski definition) is 2. The summed E-state index contributed by atoms with van der Waals surface area (Å²) in [6, 6.07) is 6.55. The average molecular weight is 383 g/mol. The van der Waals surface area contributed by atoms with Gasteiger partial charge in [0.15, 0.2) is 5.96 Å². The van der Waals surface area contributed by atoms with Gasteiger partial charge < -0.3 is 15.2 Å². The molecule has 0 aliphatic carbocycles. The number of aliphatic imine (C=N–C) groups is 1. The number of guanidine groups is 1. The van der Waals surface area contributed by atoms with E-state index in [0.717, 1.165) is 31.0 Å². The van der Waals surface area contributed by atoms with Gasteiger partial charge in [-0.25, -0.2) is 9.38 Å². The molecule has 0 bridgehead atoms. The molecule has 0 fully saturated rings. The number of aromatic nitrogens is 3. The molecule has 1 aromatic heterocycles. The lowest BCUT2D eigenvalue weighted by Gasteiger charge is -2.27. The summed E-state index contributed by atoms with van der Waals surface area (Å²) in [5.41, 5.74) is 0.835. The first kappa shape index (κ1) is 19.8. The zero-order valence-electron chi connectivity index (χ0n) is 16.5. The van der Waals surface area contributed by atoms with E-state index in [1.165, 1.54) is 12.1 Å². The Bertz CT molecular complexity index is 894. The van der Waals surface area contributed by atoms with Gasteiger partial charge in [0.05, 0.1) is 18.2 Å². The molecule has 1 atom stereocenters. The molecule has 0 saturated carbocycles. The molecule has 1 aromatic carbocycles. The number of fused-ring (bicyclic) bond motifs is 1. The molecule has 2 aromatic rings. The highest BCUT2D eigenvalue weighted by atomic mass is 19.1. The maximum absolute atomic E-state index is 14.0. The highest BCUT2D eigenvalue weighted by Gasteiger charge is 2.24. The van der Waals surface area contributed by atoms with Gasteiger partial charge in [-0.2, -0.15) is 5.26 Å². The Kier molecular flexibility index (Phi) is 6.24. The summed E-state index contributed by atoms with van der Waals surface area (Å²) >= 11 is 0. The standard InChI is InChI=1S/C20H26FN7/c1-4-23-20(24-11-15-9-14(10-22)5-7-17(15)21)25-16-6-8-18-26-27-19(13(2)3)28(18)12-16/h5,7,9,13,16H,4,6,8,11-12H2,1-3H3,(H2,23,24,25). The van der Waals surface area contributed by atoms with Gasteiger partial charge in [-0.05, 0) is 31.5 Å². The van der Waals surface area contributed by atoms with Crippen molar-refractivity contribution in [2.45, 2.75) is 58.7 Å². The second kappa shape index (κ2) is 8.83. The third kappa shape index (κ3) is 4.47. The number of hydrogen-bond acceptors (Lipinski definition) is 4. The molecule has 0 amide bonds. The molecule has 1 unspecified atom stereocenters. The molecule has 3 rings (SSSR count). The first-order valence-electron chi connectivity index (χ1n) is 9.67. The van der Waals surface area contributed by atoms with Gasteiger partial charge in [-0.15, -0.1) is 10.2 Å². The lowest BCUT2D eigenvalue weighted by molar-refractivity contribution is 0.407. The van der Waals surface area contributed by atoms with Crippen molar-refractivity contribution in [3.63, 3.8) is 0 Å².